The fourth-order valence-corrected chi connectivity index (χ4v) is 3.87. The third-order valence-electron chi connectivity index (χ3n) is 5.16. The van der Waals surface area contributed by atoms with E-state index in [4.69, 9.17) is 9.47 Å². The topological polar surface area (TPSA) is 55.8 Å². The lowest BCUT2D eigenvalue weighted by Crippen LogP contribution is -2.37. The minimum atomic E-state index is -4.48. The molecule has 0 spiro atoms. The number of carbonyl (C=O) groups excluding carboxylic acids is 2. The van der Waals surface area contributed by atoms with E-state index in [1.54, 1.807) is 24.3 Å². The van der Waals surface area contributed by atoms with Crippen LogP contribution in [0.4, 0.5) is 18.9 Å². The second kappa shape index (κ2) is 7.51. The zero-order valence-corrected chi connectivity index (χ0v) is 16.0. The van der Waals surface area contributed by atoms with Crippen molar-refractivity contribution in [1.82, 2.24) is 0 Å². The zero-order chi connectivity index (χ0) is 21.5. The van der Waals surface area contributed by atoms with Crippen LogP contribution in [-0.4, -0.2) is 25.1 Å². The second-order valence-corrected chi connectivity index (χ2v) is 6.94. The fourth-order valence-electron chi connectivity index (χ4n) is 3.87. The van der Waals surface area contributed by atoms with Gasteiger partial charge in [-0.15, -0.1) is 0 Å². The Balaban J connectivity index is 1.78. The lowest BCUT2D eigenvalue weighted by atomic mass is 9.83. The van der Waals surface area contributed by atoms with Crippen molar-refractivity contribution in [2.24, 2.45) is 0 Å². The number of esters is 1. The molecule has 2 aromatic rings. The highest BCUT2D eigenvalue weighted by Crippen LogP contribution is 2.44. The molecule has 1 amide bonds. The van der Waals surface area contributed by atoms with E-state index < -0.39 is 23.6 Å². The molecule has 0 fully saturated rings. The molecule has 4 rings (SSSR count). The highest BCUT2D eigenvalue weighted by atomic mass is 19.4. The molecule has 2 aliphatic heterocycles. The van der Waals surface area contributed by atoms with Crippen molar-refractivity contribution >= 4 is 17.6 Å². The largest absolute Gasteiger partial charge is 0.494 e. The van der Waals surface area contributed by atoms with Gasteiger partial charge in [0.15, 0.2) is 0 Å². The molecular weight excluding hydrogens is 399 g/mol. The number of amides is 1. The molecular formula is C22H18F3NO4. The lowest BCUT2D eigenvalue weighted by Gasteiger charge is -2.32. The lowest BCUT2D eigenvalue weighted by molar-refractivity contribution is -0.138. The van der Waals surface area contributed by atoms with Crippen LogP contribution in [0.25, 0.3) is 0 Å². The molecule has 0 radical (unpaired) electrons. The van der Waals surface area contributed by atoms with Gasteiger partial charge in [0.2, 0.25) is 5.91 Å². The van der Waals surface area contributed by atoms with Crippen LogP contribution >= 0.6 is 0 Å². The molecule has 0 saturated carbocycles. The number of alkyl halides is 3. The number of ether oxygens (including phenoxy) is 2. The Kier molecular flexibility index (Phi) is 5.01. The summed E-state index contributed by atoms with van der Waals surface area (Å²) in [5, 5.41) is 0. The van der Waals surface area contributed by atoms with E-state index in [9.17, 15) is 22.8 Å². The van der Waals surface area contributed by atoms with Crippen LogP contribution in [0, 0.1) is 0 Å². The highest BCUT2D eigenvalue weighted by molar-refractivity contribution is 6.06. The van der Waals surface area contributed by atoms with Crippen LogP contribution in [0.15, 0.2) is 59.8 Å². The van der Waals surface area contributed by atoms with Crippen LogP contribution < -0.4 is 9.64 Å². The van der Waals surface area contributed by atoms with Gasteiger partial charge in [-0.25, -0.2) is 4.79 Å². The molecule has 0 saturated heterocycles. The Morgan fingerprint density at radius 2 is 1.80 bits per heavy atom. The van der Waals surface area contributed by atoms with Gasteiger partial charge in [-0.1, -0.05) is 18.2 Å². The van der Waals surface area contributed by atoms with Gasteiger partial charge in [0.05, 0.1) is 23.4 Å². The number of cyclic esters (lactones) is 1. The van der Waals surface area contributed by atoms with Crippen molar-refractivity contribution < 1.29 is 32.2 Å². The van der Waals surface area contributed by atoms with Crippen molar-refractivity contribution in [3.05, 3.63) is 70.9 Å². The summed E-state index contributed by atoms with van der Waals surface area (Å²) in [7, 11) is 0. The first-order chi connectivity index (χ1) is 14.3. The second-order valence-electron chi connectivity index (χ2n) is 6.94. The normalized spacial score (nSPS) is 19.1. The molecule has 1 atom stereocenters. The number of halogens is 3. The molecule has 2 heterocycles. The number of carbonyl (C=O) groups is 2. The molecule has 156 valence electrons. The Labute approximate surface area is 170 Å². The van der Waals surface area contributed by atoms with E-state index in [1.165, 1.54) is 17.0 Å². The Morgan fingerprint density at radius 1 is 1.10 bits per heavy atom. The van der Waals surface area contributed by atoms with Crippen molar-refractivity contribution in [2.75, 3.05) is 18.1 Å². The molecule has 1 unspecified atom stereocenters. The van der Waals surface area contributed by atoms with Crippen molar-refractivity contribution in [1.29, 1.82) is 0 Å². The zero-order valence-electron chi connectivity index (χ0n) is 16.0. The van der Waals surface area contributed by atoms with Gasteiger partial charge >= 0.3 is 12.1 Å². The van der Waals surface area contributed by atoms with E-state index in [2.05, 4.69) is 0 Å². The predicted octanol–water partition coefficient (Wildman–Crippen LogP) is 4.44. The Hall–Kier alpha value is -3.29. The van der Waals surface area contributed by atoms with Gasteiger partial charge < -0.3 is 9.47 Å². The summed E-state index contributed by atoms with van der Waals surface area (Å²) < 4.78 is 49.5. The van der Waals surface area contributed by atoms with Gasteiger partial charge in [0.25, 0.3) is 0 Å². The number of para-hydroxylation sites is 1. The number of benzene rings is 2. The van der Waals surface area contributed by atoms with Gasteiger partial charge in [-0.3, -0.25) is 9.69 Å². The maximum Gasteiger partial charge on any atom is 0.416 e. The van der Waals surface area contributed by atoms with Gasteiger partial charge in [-0.05, 0) is 37.3 Å². The summed E-state index contributed by atoms with van der Waals surface area (Å²) in [5.41, 5.74) is 0.836. The van der Waals surface area contributed by atoms with Crippen LogP contribution in [0.2, 0.25) is 0 Å². The molecule has 0 aromatic heterocycles. The molecule has 8 heteroatoms. The van der Waals surface area contributed by atoms with Crippen molar-refractivity contribution in [3.8, 4) is 5.75 Å². The number of hydrogen-bond donors (Lipinski definition) is 0. The fraction of sp³-hybridized carbons (Fsp3) is 0.273. The average Bonchev–Trinajstić information content (AvgIpc) is 3.09. The number of anilines is 1. The minimum absolute atomic E-state index is 0.0287. The highest BCUT2D eigenvalue weighted by Gasteiger charge is 2.44. The average molecular weight is 417 g/mol. The van der Waals surface area contributed by atoms with Crippen LogP contribution in [0.1, 0.15) is 30.4 Å². The monoisotopic (exact) mass is 417 g/mol. The summed E-state index contributed by atoms with van der Waals surface area (Å²) in [4.78, 5) is 26.8. The first kappa shape index (κ1) is 20.0. The summed E-state index contributed by atoms with van der Waals surface area (Å²) in [5.74, 6) is -0.836. The van der Waals surface area contributed by atoms with Gasteiger partial charge in [0.1, 0.15) is 12.4 Å². The van der Waals surface area contributed by atoms with Crippen LogP contribution in [0.5, 0.6) is 5.75 Å². The molecule has 0 bridgehead atoms. The maximum absolute atomic E-state index is 13.0. The Morgan fingerprint density at radius 3 is 2.47 bits per heavy atom. The number of nitrogens with zero attached hydrogens (tertiary/aromatic N) is 1. The summed E-state index contributed by atoms with van der Waals surface area (Å²) in [6.45, 7) is 2.14. The van der Waals surface area contributed by atoms with E-state index in [1.807, 2.05) is 6.92 Å². The SMILES string of the molecule is CCOc1ccccc1C1CC(=O)N(c2ccc(C(F)(F)F)cc2)C2=C1C(=O)OC2. The molecule has 0 N–H and O–H groups in total. The molecule has 30 heavy (non-hydrogen) atoms. The smallest absolute Gasteiger partial charge is 0.416 e. The third-order valence-corrected chi connectivity index (χ3v) is 5.16. The standard InChI is InChI=1S/C22H18F3NO4/c1-2-29-18-6-4-3-5-15(18)16-11-19(27)26(17-12-30-21(28)20(16)17)14-9-7-13(8-10-14)22(23,24)25/h3-10,16H,2,11-12H2,1H3. The molecule has 5 nitrogen and oxygen atoms in total. The Bertz CT molecular complexity index is 1030. The minimum Gasteiger partial charge on any atom is -0.494 e. The summed E-state index contributed by atoms with van der Waals surface area (Å²) in [6, 6.07) is 11.4. The summed E-state index contributed by atoms with van der Waals surface area (Å²) in [6.07, 6.45) is -4.51. The van der Waals surface area contributed by atoms with E-state index >= 15 is 0 Å². The van der Waals surface area contributed by atoms with Crippen LogP contribution in [0.3, 0.4) is 0 Å². The molecule has 0 aliphatic carbocycles. The van der Waals surface area contributed by atoms with E-state index in [0.29, 0.717) is 29.2 Å². The predicted molar refractivity (Wildman–Crippen MR) is 102 cm³/mol. The molecule has 2 aromatic carbocycles. The molecule has 2 aliphatic rings. The van der Waals surface area contributed by atoms with Crippen LogP contribution in [-0.2, 0) is 20.5 Å². The number of rotatable bonds is 4. The van der Waals surface area contributed by atoms with Gasteiger partial charge in [-0.2, -0.15) is 13.2 Å². The summed E-state index contributed by atoms with van der Waals surface area (Å²) >= 11 is 0. The van der Waals surface area contributed by atoms with Crippen molar-refractivity contribution in [2.45, 2.75) is 25.4 Å². The van der Waals surface area contributed by atoms with E-state index in [-0.39, 0.29) is 24.6 Å². The quantitative estimate of drug-likeness (QED) is 0.691. The maximum atomic E-state index is 13.0. The first-order valence-corrected chi connectivity index (χ1v) is 9.43. The first-order valence-electron chi connectivity index (χ1n) is 9.43. The van der Waals surface area contributed by atoms with Gasteiger partial charge in [0, 0.05) is 23.6 Å². The van der Waals surface area contributed by atoms with Crippen molar-refractivity contribution in [3.63, 3.8) is 0 Å². The third kappa shape index (κ3) is 3.42. The van der Waals surface area contributed by atoms with E-state index in [0.717, 1.165) is 12.1 Å². The number of hydrogen-bond acceptors (Lipinski definition) is 4.